The quantitative estimate of drug-likeness (QED) is 0.183. The summed E-state index contributed by atoms with van der Waals surface area (Å²) in [4.78, 5) is 7.23. The number of benzene rings is 4. The van der Waals surface area contributed by atoms with E-state index in [9.17, 15) is 4.57 Å². The average molecular weight is 551 g/mol. The minimum atomic E-state index is -3.95. The lowest BCUT2D eigenvalue weighted by Crippen LogP contribution is -2.34. The molecule has 0 fully saturated rings. The third kappa shape index (κ3) is 5.96. The van der Waals surface area contributed by atoms with E-state index in [2.05, 4.69) is 39.0 Å². The monoisotopic (exact) mass is 550 g/mol. The number of para-hydroxylation sites is 3. The van der Waals surface area contributed by atoms with Crippen molar-refractivity contribution < 1.29 is 13.6 Å². The van der Waals surface area contributed by atoms with Crippen LogP contribution in [0.2, 0.25) is 0 Å². The Balaban J connectivity index is 1.37. The summed E-state index contributed by atoms with van der Waals surface area (Å²) in [5, 5.41) is 3.45. The summed E-state index contributed by atoms with van der Waals surface area (Å²) in [6.45, 7) is 3.15. The zero-order valence-corrected chi connectivity index (χ0v) is 22.9. The molecule has 1 aliphatic rings. The molecule has 7 nitrogen and oxygen atoms in total. The SMILES string of the molecule is O=P(Oc1ccccc1)(Oc1ccccc1)C(Nc1ccccc1)c1ncc2n1CCN(Cc1ccccc1)C2. The summed E-state index contributed by atoms with van der Waals surface area (Å²) < 4.78 is 29.7. The third-order valence-corrected chi connectivity index (χ3v) is 8.76. The van der Waals surface area contributed by atoms with Gasteiger partial charge in [0.2, 0.25) is 5.78 Å². The second-order valence-corrected chi connectivity index (χ2v) is 11.7. The smallest absolute Gasteiger partial charge is 0.414 e. The summed E-state index contributed by atoms with van der Waals surface area (Å²) >= 11 is 0. The Hall–Kier alpha value is -4.32. The first-order chi connectivity index (χ1) is 19.7. The molecule has 6 rings (SSSR count). The molecule has 40 heavy (non-hydrogen) atoms. The molecule has 0 saturated carbocycles. The Morgan fingerprint density at radius 3 is 1.90 bits per heavy atom. The van der Waals surface area contributed by atoms with Crippen LogP contribution in [0.5, 0.6) is 11.5 Å². The minimum Gasteiger partial charge on any atom is -0.414 e. The second kappa shape index (κ2) is 11.8. The Bertz CT molecular complexity index is 1520. The molecule has 0 bridgehead atoms. The van der Waals surface area contributed by atoms with Crippen LogP contribution in [0.25, 0.3) is 0 Å². The van der Waals surface area contributed by atoms with Gasteiger partial charge in [-0.05, 0) is 42.0 Å². The predicted octanol–water partition coefficient (Wildman–Crippen LogP) is 7.36. The molecule has 8 heteroatoms. The maximum atomic E-state index is 15.0. The number of imidazole rings is 1. The number of fused-ring (bicyclic) bond motifs is 1. The van der Waals surface area contributed by atoms with Crippen LogP contribution < -0.4 is 14.4 Å². The highest BCUT2D eigenvalue weighted by Crippen LogP contribution is 2.60. The standard InChI is InChI=1S/C32H31N4O3P/c37-40(38-29-17-9-3-10-18-29,39-30-19-11-4-12-20-30)32(34-27-15-7-2-8-16-27)31-33-23-28-25-35(21-22-36(28)31)24-26-13-5-1-6-14-26/h1-20,23,32,34H,21-22,24-25H2. The maximum absolute atomic E-state index is 15.0. The van der Waals surface area contributed by atoms with E-state index < -0.39 is 13.4 Å². The van der Waals surface area contributed by atoms with Crippen molar-refractivity contribution >= 4 is 13.3 Å². The summed E-state index contributed by atoms with van der Waals surface area (Å²) in [6, 6.07) is 38.4. The normalized spacial score (nSPS) is 14.2. The van der Waals surface area contributed by atoms with Crippen molar-refractivity contribution in [2.45, 2.75) is 25.4 Å². The van der Waals surface area contributed by atoms with Crippen LogP contribution in [0.15, 0.2) is 128 Å². The molecule has 1 N–H and O–H groups in total. The van der Waals surface area contributed by atoms with Crippen LogP contribution in [0, 0.1) is 0 Å². The molecule has 0 spiro atoms. The second-order valence-electron chi connectivity index (χ2n) is 9.72. The number of hydrogen-bond acceptors (Lipinski definition) is 6. The van der Waals surface area contributed by atoms with Crippen LogP contribution in [-0.2, 0) is 24.2 Å². The Morgan fingerprint density at radius 2 is 1.30 bits per heavy atom. The maximum Gasteiger partial charge on any atom is 0.460 e. The van der Waals surface area contributed by atoms with E-state index >= 15 is 0 Å². The van der Waals surface area contributed by atoms with Crippen LogP contribution in [0.3, 0.4) is 0 Å². The molecule has 2 heterocycles. The Morgan fingerprint density at radius 1 is 0.750 bits per heavy atom. The summed E-state index contributed by atoms with van der Waals surface area (Å²) in [5.74, 6) is 0.667. The van der Waals surface area contributed by atoms with Crippen molar-refractivity contribution in [2.24, 2.45) is 0 Å². The molecule has 202 valence electrons. The first-order valence-electron chi connectivity index (χ1n) is 13.4. The van der Waals surface area contributed by atoms with Gasteiger partial charge < -0.3 is 18.9 Å². The molecule has 0 radical (unpaired) electrons. The highest BCUT2D eigenvalue weighted by Gasteiger charge is 2.44. The Kier molecular flexibility index (Phi) is 7.67. The molecular weight excluding hydrogens is 519 g/mol. The number of nitrogens with zero attached hydrogens (tertiary/aromatic N) is 3. The van der Waals surface area contributed by atoms with E-state index in [0.717, 1.165) is 31.0 Å². The van der Waals surface area contributed by atoms with Gasteiger partial charge in [-0.3, -0.25) is 4.90 Å². The van der Waals surface area contributed by atoms with Gasteiger partial charge in [0.25, 0.3) is 0 Å². The fourth-order valence-corrected chi connectivity index (χ4v) is 6.79. The van der Waals surface area contributed by atoms with Crippen LogP contribution in [-0.4, -0.2) is 21.0 Å². The van der Waals surface area contributed by atoms with E-state index in [1.807, 2.05) is 79.0 Å². The topological polar surface area (TPSA) is 68.6 Å². The van der Waals surface area contributed by atoms with Gasteiger partial charge in [0, 0.05) is 38.1 Å². The molecule has 4 aromatic carbocycles. The Labute approximate surface area is 234 Å². The number of rotatable bonds is 10. The van der Waals surface area contributed by atoms with Crippen molar-refractivity contribution in [3.63, 3.8) is 0 Å². The molecule has 1 unspecified atom stereocenters. The van der Waals surface area contributed by atoms with Crippen LogP contribution in [0.4, 0.5) is 5.69 Å². The summed E-state index contributed by atoms with van der Waals surface area (Å²) in [5.41, 5.74) is 3.12. The molecule has 1 aromatic heterocycles. The van der Waals surface area contributed by atoms with Crippen molar-refractivity contribution in [1.82, 2.24) is 14.5 Å². The van der Waals surface area contributed by atoms with Gasteiger partial charge in [-0.1, -0.05) is 84.9 Å². The van der Waals surface area contributed by atoms with Gasteiger partial charge in [-0.2, -0.15) is 0 Å². The fourth-order valence-electron chi connectivity index (χ4n) is 4.91. The van der Waals surface area contributed by atoms with E-state index in [1.54, 1.807) is 24.3 Å². The molecule has 0 amide bonds. The first-order valence-corrected chi connectivity index (χ1v) is 15.0. The first kappa shape index (κ1) is 25.9. The van der Waals surface area contributed by atoms with E-state index in [1.165, 1.54) is 5.56 Å². The van der Waals surface area contributed by atoms with Gasteiger partial charge in [-0.25, -0.2) is 9.55 Å². The van der Waals surface area contributed by atoms with Gasteiger partial charge in [0.1, 0.15) is 17.3 Å². The van der Waals surface area contributed by atoms with Gasteiger partial charge in [0.15, 0.2) is 0 Å². The predicted molar refractivity (Wildman–Crippen MR) is 157 cm³/mol. The molecule has 0 saturated heterocycles. The summed E-state index contributed by atoms with van der Waals surface area (Å²) in [7, 11) is -3.95. The minimum absolute atomic E-state index is 0.459. The lowest BCUT2D eigenvalue weighted by molar-refractivity contribution is 0.211. The number of aromatic nitrogens is 2. The van der Waals surface area contributed by atoms with E-state index in [4.69, 9.17) is 14.0 Å². The number of hydrogen-bond donors (Lipinski definition) is 1. The van der Waals surface area contributed by atoms with Crippen LogP contribution in [0.1, 0.15) is 22.9 Å². The lowest BCUT2D eigenvalue weighted by Gasteiger charge is -2.32. The van der Waals surface area contributed by atoms with Gasteiger partial charge >= 0.3 is 7.60 Å². The molecule has 0 aliphatic carbocycles. The molecule has 1 aliphatic heterocycles. The third-order valence-electron chi connectivity index (χ3n) is 6.83. The van der Waals surface area contributed by atoms with Crippen molar-refractivity contribution in [3.05, 3.63) is 145 Å². The van der Waals surface area contributed by atoms with Crippen molar-refractivity contribution in [1.29, 1.82) is 0 Å². The molecule has 5 aromatic rings. The zero-order chi connectivity index (χ0) is 27.2. The highest BCUT2D eigenvalue weighted by atomic mass is 31.2. The zero-order valence-electron chi connectivity index (χ0n) is 22.0. The average Bonchev–Trinajstić information content (AvgIpc) is 3.41. The molecular formula is C32H31N4O3P. The van der Waals surface area contributed by atoms with Gasteiger partial charge in [-0.15, -0.1) is 0 Å². The number of nitrogens with one attached hydrogen (secondary N) is 1. The summed E-state index contributed by atoms with van der Waals surface area (Å²) in [6.07, 6.45) is 1.88. The van der Waals surface area contributed by atoms with Crippen molar-refractivity contribution in [2.75, 3.05) is 11.9 Å². The van der Waals surface area contributed by atoms with Gasteiger partial charge in [0.05, 0.1) is 5.69 Å². The number of anilines is 1. The highest BCUT2D eigenvalue weighted by molar-refractivity contribution is 7.55. The largest absolute Gasteiger partial charge is 0.460 e. The van der Waals surface area contributed by atoms with E-state index in [-0.39, 0.29) is 0 Å². The molecule has 1 atom stereocenters. The van der Waals surface area contributed by atoms with Crippen molar-refractivity contribution in [3.8, 4) is 11.5 Å². The van der Waals surface area contributed by atoms with Crippen LogP contribution >= 0.6 is 7.60 Å². The lowest BCUT2D eigenvalue weighted by atomic mass is 10.2. The fraction of sp³-hybridized carbons (Fsp3) is 0.156. The van der Waals surface area contributed by atoms with E-state index in [0.29, 0.717) is 23.9 Å².